The fraction of sp³-hybridized carbons (Fsp3) is 0.188. The number of halogens is 2. The van der Waals surface area contributed by atoms with Crippen molar-refractivity contribution < 1.29 is 17.6 Å². The smallest absolute Gasteiger partial charge is 0.251 e. The Morgan fingerprint density at radius 1 is 1.21 bits per heavy atom. The summed E-state index contributed by atoms with van der Waals surface area (Å²) in [7, 11) is -3.57. The normalized spacial score (nSPS) is 11.1. The summed E-state index contributed by atoms with van der Waals surface area (Å²) in [5.74, 6) is -1.00. The van der Waals surface area contributed by atoms with Crippen LogP contribution in [-0.4, -0.2) is 33.7 Å². The lowest BCUT2D eigenvalue weighted by Gasteiger charge is -2.23. The molecule has 0 fully saturated rings. The first-order chi connectivity index (χ1) is 11.3. The van der Waals surface area contributed by atoms with E-state index in [-0.39, 0.29) is 18.7 Å². The molecule has 128 valence electrons. The molecule has 0 aliphatic carbocycles. The zero-order valence-electron chi connectivity index (χ0n) is 12.9. The number of nitrogens with one attached hydrogen (secondary N) is 1. The molecule has 0 unspecified atom stereocenters. The average Bonchev–Trinajstić information content (AvgIpc) is 2.51. The van der Waals surface area contributed by atoms with Gasteiger partial charge in [0.15, 0.2) is 0 Å². The summed E-state index contributed by atoms with van der Waals surface area (Å²) < 4.78 is 38.2. The lowest BCUT2D eigenvalue weighted by atomic mass is 10.2. The van der Waals surface area contributed by atoms with Gasteiger partial charge in [-0.05, 0) is 30.3 Å². The van der Waals surface area contributed by atoms with Gasteiger partial charge in [-0.2, -0.15) is 0 Å². The molecule has 8 heteroatoms. The van der Waals surface area contributed by atoms with E-state index in [9.17, 15) is 17.6 Å². The van der Waals surface area contributed by atoms with Gasteiger partial charge in [0.25, 0.3) is 5.91 Å². The molecule has 1 N–H and O–H groups in total. The monoisotopic (exact) mass is 370 g/mol. The van der Waals surface area contributed by atoms with E-state index in [2.05, 4.69) is 5.32 Å². The van der Waals surface area contributed by atoms with Crippen LogP contribution in [0, 0.1) is 5.82 Å². The highest BCUT2D eigenvalue weighted by Gasteiger charge is 2.19. The number of rotatable bonds is 6. The number of carbonyl (C=O) groups is 1. The van der Waals surface area contributed by atoms with Crippen molar-refractivity contribution in [1.29, 1.82) is 0 Å². The minimum atomic E-state index is -3.57. The zero-order valence-corrected chi connectivity index (χ0v) is 14.4. The van der Waals surface area contributed by atoms with Gasteiger partial charge in [-0.3, -0.25) is 9.10 Å². The summed E-state index contributed by atoms with van der Waals surface area (Å²) in [6.45, 7) is 0.0528. The quantitative estimate of drug-likeness (QED) is 0.850. The maximum atomic E-state index is 13.1. The molecule has 0 aromatic heterocycles. The highest BCUT2D eigenvalue weighted by atomic mass is 35.5. The van der Waals surface area contributed by atoms with Gasteiger partial charge in [0.1, 0.15) is 5.82 Å². The van der Waals surface area contributed by atoms with Gasteiger partial charge in [-0.1, -0.05) is 29.8 Å². The molecule has 0 heterocycles. The number of para-hydroxylation sites is 1. The Hall–Kier alpha value is -2.12. The standard InChI is InChI=1S/C16H16ClFN2O3S/c1-24(22,23)20(15-8-3-2-7-14(15)17)10-9-19-16(21)12-5-4-6-13(18)11-12/h2-8,11H,9-10H2,1H3,(H,19,21). The molecule has 5 nitrogen and oxygen atoms in total. The Bertz CT molecular complexity index is 843. The molecule has 24 heavy (non-hydrogen) atoms. The average molecular weight is 371 g/mol. The van der Waals surface area contributed by atoms with Gasteiger partial charge in [-0.15, -0.1) is 0 Å². The van der Waals surface area contributed by atoms with Gasteiger partial charge in [-0.25, -0.2) is 12.8 Å². The molecule has 1 amide bonds. The van der Waals surface area contributed by atoms with Crippen molar-refractivity contribution in [2.75, 3.05) is 23.7 Å². The SMILES string of the molecule is CS(=O)(=O)N(CCNC(=O)c1cccc(F)c1)c1ccccc1Cl. The van der Waals surface area contributed by atoms with Crippen LogP contribution in [-0.2, 0) is 10.0 Å². The molecule has 0 spiro atoms. The lowest BCUT2D eigenvalue weighted by Crippen LogP contribution is -2.38. The largest absolute Gasteiger partial charge is 0.350 e. The number of amides is 1. The Kier molecular flexibility index (Phi) is 5.80. The number of hydrogen-bond donors (Lipinski definition) is 1. The molecule has 2 rings (SSSR count). The molecule has 0 atom stereocenters. The third kappa shape index (κ3) is 4.69. The van der Waals surface area contributed by atoms with Crippen LogP contribution in [0.3, 0.4) is 0 Å². The van der Waals surface area contributed by atoms with Crippen LogP contribution in [0.25, 0.3) is 0 Å². The van der Waals surface area contributed by atoms with Gasteiger partial charge < -0.3 is 5.32 Å². The summed E-state index contributed by atoms with van der Waals surface area (Å²) >= 11 is 6.04. The van der Waals surface area contributed by atoms with Gasteiger partial charge in [0, 0.05) is 12.1 Å². The van der Waals surface area contributed by atoms with E-state index in [1.165, 1.54) is 18.2 Å². The van der Waals surface area contributed by atoms with Crippen LogP contribution in [0.2, 0.25) is 5.02 Å². The van der Waals surface area contributed by atoms with Crippen molar-refractivity contribution in [2.45, 2.75) is 0 Å². The second kappa shape index (κ2) is 7.63. The fourth-order valence-electron chi connectivity index (χ4n) is 2.12. The zero-order chi connectivity index (χ0) is 17.7. The minimum absolute atomic E-state index is 0.00359. The number of carbonyl (C=O) groups excluding carboxylic acids is 1. The first-order valence-corrected chi connectivity index (χ1v) is 9.27. The molecular weight excluding hydrogens is 355 g/mol. The van der Waals surface area contributed by atoms with Crippen molar-refractivity contribution in [3.8, 4) is 0 Å². The highest BCUT2D eigenvalue weighted by molar-refractivity contribution is 7.92. The number of nitrogens with zero attached hydrogens (tertiary/aromatic N) is 1. The Balaban J connectivity index is 2.07. The van der Waals surface area contributed by atoms with Gasteiger partial charge in [0.2, 0.25) is 10.0 Å². The van der Waals surface area contributed by atoms with E-state index in [0.717, 1.165) is 16.6 Å². The van der Waals surface area contributed by atoms with Crippen LogP contribution < -0.4 is 9.62 Å². The van der Waals surface area contributed by atoms with Crippen LogP contribution in [0.5, 0.6) is 0 Å². The van der Waals surface area contributed by atoms with Crippen molar-refractivity contribution in [2.24, 2.45) is 0 Å². The third-order valence-corrected chi connectivity index (χ3v) is 4.71. The predicted molar refractivity (Wildman–Crippen MR) is 92.4 cm³/mol. The number of sulfonamides is 1. The van der Waals surface area contributed by atoms with Crippen molar-refractivity contribution >= 4 is 33.2 Å². The number of benzene rings is 2. The van der Waals surface area contributed by atoms with Crippen LogP contribution in [0.4, 0.5) is 10.1 Å². The van der Waals surface area contributed by atoms with Crippen LogP contribution in [0.1, 0.15) is 10.4 Å². The maximum absolute atomic E-state index is 13.1. The number of anilines is 1. The second-order valence-corrected chi connectivity index (χ2v) is 7.37. The number of hydrogen-bond acceptors (Lipinski definition) is 3. The molecular formula is C16H16ClFN2O3S. The summed E-state index contributed by atoms with van der Waals surface area (Å²) in [5, 5.41) is 2.85. The summed E-state index contributed by atoms with van der Waals surface area (Å²) in [6, 6.07) is 11.8. The van der Waals surface area contributed by atoms with E-state index in [0.29, 0.717) is 10.7 Å². The summed E-state index contributed by atoms with van der Waals surface area (Å²) in [4.78, 5) is 12.0. The molecule has 0 bridgehead atoms. The highest BCUT2D eigenvalue weighted by Crippen LogP contribution is 2.26. The minimum Gasteiger partial charge on any atom is -0.350 e. The van der Waals surface area contributed by atoms with E-state index in [1.807, 2.05) is 0 Å². The van der Waals surface area contributed by atoms with Crippen molar-refractivity contribution in [3.63, 3.8) is 0 Å². The Labute approximate surface area is 145 Å². The molecule has 0 saturated heterocycles. The lowest BCUT2D eigenvalue weighted by molar-refractivity contribution is 0.0954. The fourth-order valence-corrected chi connectivity index (χ4v) is 3.35. The summed E-state index contributed by atoms with van der Waals surface area (Å²) in [5.41, 5.74) is 0.500. The van der Waals surface area contributed by atoms with E-state index in [1.54, 1.807) is 24.3 Å². The molecule has 2 aromatic carbocycles. The van der Waals surface area contributed by atoms with Gasteiger partial charge >= 0.3 is 0 Å². The Morgan fingerprint density at radius 2 is 1.92 bits per heavy atom. The molecule has 0 radical (unpaired) electrons. The molecule has 0 saturated carbocycles. The predicted octanol–water partition coefficient (Wildman–Crippen LogP) is 2.68. The van der Waals surface area contributed by atoms with Crippen LogP contribution >= 0.6 is 11.6 Å². The Morgan fingerprint density at radius 3 is 2.54 bits per heavy atom. The van der Waals surface area contributed by atoms with E-state index < -0.39 is 21.7 Å². The first-order valence-electron chi connectivity index (χ1n) is 7.05. The van der Waals surface area contributed by atoms with E-state index >= 15 is 0 Å². The second-order valence-electron chi connectivity index (χ2n) is 5.05. The molecule has 0 aliphatic rings. The third-order valence-electron chi connectivity index (χ3n) is 3.21. The maximum Gasteiger partial charge on any atom is 0.251 e. The van der Waals surface area contributed by atoms with Crippen molar-refractivity contribution in [1.82, 2.24) is 5.32 Å². The molecule has 2 aromatic rings. The topological polar surface area (TPSA) is 66.5 Å². The van der Waals surface area contributed by atoms with Gasteiger partial charge in [0.05, 0.1) is 23.5 Å². The molecule has 0 aliphatic heterocycles. The first kappa shape index (κ1) is 18.2. The van der Waals surface area contributed by atoms with Crippen molar-refractivity contribution in [3.05, 3.63) is 64.9 Å². The van der Waals surface area contributed by atoms with E-state index in [4.69, 9.17) is 11.6 Å². The summed E-state index contributed by atoms with van der Waals surface area (Å²) in [6.07, 6.45) is 1.06. The van der Waals surface area contributed by atoms with Crippen LogP contribution in [0.15, 0.2) is 48.5 Å².